The molecule has 4 fully saturated rings. The van der Waals surface area contributed by atoms with Crippen LogP contribution in [-0.2, 0) is 9.59 Å². The van der Waals surface area contributed by atoms with Crippen molar-refractivity contribution in [3.8, 4) is 0 Å². The van der Waals surface area contributed by atoms with Gasteiger partial charge in [0.1, 0.15) is 0 Å². The van der Waals surface area contributed by atoms with Crippen LogP contribution in [-0.4, -0.2) is 123 Å². The van der Waals surface area contributed by atoms with Crippen LogP contribution in [0.2, 0.25) is 0 Å². The Labute approximate surface area is 280 Å². The standard InChI is InChI=1S/C15H28N2O.C15H30N2O.C6H13N.C2H6/c1-3-13-6-10-17(11-7-13)15(18)12-14-4-8-16(2)9-5-14;1-4-6-10-17(9-5-2)15(18)13-14-7-11-16(3)12-8-14;1-7-5-3-2-4-6-7;1-2/h13-14H,3-12H2,1-2H3;14H,4-13H2,1-3H3;2-6H2,1H3;1-2H3. The van der Waals surface area contributed by atoms with Crippen LogP contribution >= 0.6 is 0 Å². The zero-order valence-corrected chi connectivity index (χ0v) is 31.5. The number of likely N-dealkylation sites (tertiary alicyclic amines) is 4. The predicted octanol–water partition coefficient (Wildman–Crippen LogP) is 7.25. The number of hydrogen-bond acceptors (Lipinski definition) is 5. The third-order valence-corrected chi connectivity index (χ3v) is 10.4. The van der Waals surface area contributed by atoms with E-state index in [0.717, 1.165) is 84.0 Å². The molecule has 7 heteroatoms. The second-order valence-electron chi connectivity index (χ2n) is 14.2. The number of rotatable bonds is 10. The minimum atomic E-state index is 0.389. The molecule has 0 atom stereocenters. The summed E-state index contributed by atoms with van der Waals surface area (Å²) >= 11 is 0. The number of nitrogens with zero attached hydrogens (tertiary/aromatic N) is 5. The molecule has 4 aliphatic heterocycles. The largest absolute Gasteiger partial charge is 0.343 e. The molecule has 7 nitrogen and oxygen atoms in total. The summed E-state index contributed by atoms with van der Waals surface area (Å²) in [5.74, 6) is 2.92. The van der Waals surface area contributed by atoms with Gasteiger partial charge in [-0.05, 0) is 142 Å². The van der Waals surface area contributed by atoms with Crippen LogP contribution in [0, 0.1) is 17.8 Å². The highest BCUT2D eigenvalue weighted by Gasteiger charge is 2.26. The van der Waals surface area contributed by atoms with Gasteiger partial charge in [0.25, 0.3) is 0 Å². The number of carbonyl (C=O) groups is 2. The SMILES string of the molecule is CC.CCC1CCN(C(=O)CC2CCN(C)CC2)CC1.CCCCN(CCC)C(=O)CC1CCN(C)CC1.CN1CCCCC1. The van der Waals surface area contributed by atoms with E-state index < -0.39 is 0 Å². The van der Waals surface area contributed by atoms with Crippen molar-refractivity contribution in [3.05, 3.63) is 0 Å². The maximum Gasteiger partial charge on any atom is 0.222 e. The van der Waals surface area contributed by atoms with E-state index in [1.54, 1.807) is 0 Å². The van der Waals surface area contributed by atoms with Gasteiger partial charge in [0.2, 0.25) is 11.8 Å². The van der Waals surface area contributed by atoms with Crippen LogP contribution < -0.4 is 0 Å². The first kappa shape index (κ1) is 41.8. The second-order valence-corrected chi connectivity index (χ2v) is 14.2. The van der Waals surface area contributed by atoms with Crippen LogP contribution in [0.25, 0.3) is 0 Å². The van der Waals surface area contributed by atoms with E-state index in [2.05, 4.69) is 66.4 Å². The Morgan fingerprint density at radius 1 is 0.578 bits per heavy atom. The Hall–Kier alpha value is -1.18. The normalized spacial score (nSPS) is 21.0. The van der Waals surface area contributed by atoms with Gasteiger partial charge in [-0.2, -0.15) is 0 Å². The molecule has 4 rings (SSSR count). The minimum Gasteiger partial charge on any atom is -0.343 e. The second kappa shape index (κ2) is 25.9. The molecule has 45 heavy (non-hydrogen) atoms. The van der Waals surface area contributed by atoms with Crippen molar-refractivity contribution in [3.63, 3.8) is 0 Å². The van der Waals surface area contributed by atoms with Crippen LogP contribution in [0.15, 0.2) is 0 Å². The Kier molecular flexibility index (Phi) is 24.0. The first-order valence-electron chi connectivity index (χ1n) is 19.4. The first-order chi connectivity index (χ1) is 21.7. The molecule has 0 aliphatic carbocycles. The summed E-state index contributed by atoms with van der Waals surface area (Å²) < 4.78 is 0. The van der Waals surface area contributed by atoms with E-state index in [9.17, 15) is 9.59 Å². The molecule has 4 heterocycles. The Morgan fingerprint density at radius 3 is 1.47 bits per heavy atom. The molecule has 0 unspecified atom stereocenters. The molecule has 0 saturated carbocycles. The van der Waals surface area contributed by atoms with Crippen molar-refractivity contribution in [1.29, 1.82) is 0 Å². The number of carbonyl (C=O) groups excluding carboxylic acids is 2. The zero-order valence-electron chi connectivity index (χ0n) is 31.5. The summed E-state index contributed by atoms with van der Waals surface area (Å²) in [5, 5.41) is 0. The number of unbranched alkanes of at least 4 members (excludes halogenated alkanes) is 1. The van der Waals surface area contributed by atoms with Crippen LogP contribution in [0.3, 0.4) is 0 Å². The fourth-order valence-electron chi connectivity index (χ4n) is 6.91. The van der Waals surface area contributed by atoms with Crippen molar-refractivity contribution in [2.45, 2.75) is 131 Å². The van der Waals surface area contributed by atoms with Crippen molar-refractivity contribution >= 4 is 11.8 Å². The molecule has 0 aromatic rings. The van der Waals surface area contributed by atoms with E-state index in [-0.39, 0.29) is 0 Å². The van der Waals surface area contributed by atoms with Crippen molar-refractivity contribution < 1.29 is 9.59 Å². The molecule has 2 amide bonds. The smallest absolute Gasteiger partial charge is 0.222 e. The molecule has 0 aromatic carbocycles. The maximum atomic E-state index is 12.3. The van der Waals surface area contributed by atoms with E-state index in [0.29, 0.717) is 23.7 Å². The quantitative estimate of drug-likeness (QED) is 0.253. The molecular weight excluding hydrogens is 558 g/mol. The average molecular weight is 636 g/mol. The summed E-state index contributed by atoms with van der Waals surface area (Å²) in [6, 6.07) is 0. The van der Waals surface area contributed by atoms with Crippen molar-refractivity contribution in [1.82, 2.24) is 24.5 Å². The molecule has 0 N–H and O–H groups in total. The van der Waals surface area contributed by atoms with Gasteiger partial charge < -0.3 is 24.5 Å². The Balaban J connectivity index is 0.000000355. The van der Waals surface area contributed by atoms with Crippen molar-refractivity contribution in [2.75, 3.05) is 86.6 Å². The summed E-state index contributed by atoms with van der Waals surface area (Å²) in [6.07, 6.45) is 17.7. The molecule has 4 aliphatic rings. The van der Waals surface area contributed by atoms with Gasteiger partial charge in [0.05, 0.1) is 0 Å². The Morgan fingerprint density at radius 2 is 1.04 bits per heavy atom. The van der Waals surface area contributed by atoms with E-state index in [4.69, 9.17) is 0 Å². The minimum absolute atomic E-state index is 0.389. The maximum absolute atomic E-state index is 12.3. The molecule has 0 aromatic heterocycles. The fourth-order valence-corrected chi connectivity index (χ4v) is 6.91. The van der Waals surface area contributed by atoms with Gasteiger partial charge in [-0.15, -0.1) is 0 Å². The number of piperidine rings is 4. The number of hydrogen-bond donors (Lipinski definition) is 0. The zero-order chi connectivity index (χ0) is 33.5. The monoisotopic (exact) mass is 636 g/mol. The fraction of sp³-hybridized carbons (Fsp3) is 0.947. The summed E-state index contributed by atoms with van der Waals surface area (Å²) in [7, 11) is 6.54. The highest BCUT2D eigenvalue weighted by molar-refractivity contribution is 5.77. The van der Waals surface area contributed by atoms with Gasteiger partial charge in [-0.25, -0.2) is 0 Å². The molecule has 0 spiro atoms. The van der Waals surface area contributed by atoms with Crippen LogP contribution in [0.1, 0.15) is 131 Å². The first-order valence-corrected chi connectivity index (χ1v) is 19.4. The lowest BCUT2D eigenvalue weighted by atomic mass is 9.91. The van der Waals surface area contributed by atoms with Crippen molar-refractivity contribution in [2.24, 2.45) is 17.8 Å². The molecule has 4 saturated heterocycles. The van der Waals surface area contributed by atoms with Gasteiger partial charge >= 0.3 is 0 Å². The topological polar surface area (TPSA) is 50.3 Å². The lowest BCUT2D eigenvalue weighted by Crippen LogP contribution is -2.40. The lowest BCUT2D eigenvalue weighted by Gasteiger charge is -2.34. The summed E-state index contributed by atoms with van der Waals surface area (Å²) in [6.45, 7) is 21.8. The summed E-state index contributed by atoms with van der Waals surface area (Å²) in [5.41, 5.74) is 0. The van der Waals surface area contributed by atoms with Crippen LogP contribution in [0.4, 0.5) is 0 Å². The average Bonchev–Trinajstić information content (AvgIpc) is 3.07. The highest BCUT2D eigenvalue weighted by Crippen LogP contribution is 2.24. The van der Waals surface area contributed by atoms with E-state index in [1.807, 2.05) is 13.8 Å². The van der Waals surface area contributed by atoms with Crippen LogP contribution in [0.5, 0.6) is 0 Å². The predicted molar refractivity (Wildman–Crippen MR) is 194 cm³/mol. The van der Waals surface area contributed by atoms with Gasteiger partial charge in [0.15, 0.2) is 0 Å². The third-order valence-electron chi connectivity index (χ3n) is 10.4. The molecule has 266 valence electrons. The molecular formula is C38H77N5O2. The lowest BCUT2D eigenvalue weighted by molar-refractivity contribution is -0.134. The van der Waals surface area contributed by atoms with E-state index >= 15 is 0 Å². The highest BCUT2D eigenvalue weighted by atomic mass is 16.2. The molecule has 0 bridgehead atoms. The van der Waals surface area contributed by atoms with Gasteiger partial charge in [-0.3, -0.25) is 9.59 Å². The Bertz CT molecular complexity index is 720. The molecule has 0 radical (unpaired) electrons. The van der Waals surface area contributed by atoms with Gasteiger partial charge in [0, 0.05) is 39.0 Å². The van der Waals surface area contributed by atoms with Gasteiger partial charge in [-0.1, -0.05) is 53.9 Å². The summed E-state index contributed by atoms with van der Waals surface area (Å²) in [4.78, 5) is 35.9. The third kappa shape index (κ3) is 18.7. The van der Waals surface area contributed by atoms with E-state index in [1.165, 1.54) is 83.7 Å². The number of amides is 2.